The molecule has 13 heteroatoms. The number of nitro benzene ring substituents is 1. The zero-order valence-corrected chi connectivity index (χ0v) is 17.1. The molecule has 0 atom stereocenters. The van der Waals surface area contributed by atoms with Crippen molar-refractivity contribution >= 4 is 27.4 Å². The Kier molecular flexibility index (Phi) is 6.53. The Morgan fingerprint density at radius 2 is 1.55 bits per heavy atom. The average Bonchev–Trinajstić information content (AvgIpc) is 2.74. The number of nitro groups is 1. The Hall–Kier alpha value is -4.13. The van der Waals surface area contributed by atoms with Gasteiger partial charge in [0.05, 0.1) is 4.92 Å². The van der Waals surface area contributed by atoms with Crippen molar-refractivity contribution in [3.05, 3.63) is 88.5 Å². The fourth-order valence-electron chi connectivity index (χ4n) is 2.53. The lowest BCUT2D eigenvalue weighted by molar-refractivity contribution is -0.385. The molecule has 0 unspecified atom stereocenters. The van der Waals surface area contributed by atoms with Crippen LogP contribution in [0, 0.1) is 10.1 Å². The van der Waals surface area contributed by atoms with E-state index in [1.54, 1.807) is 0 Å². The zero-order chi connectivity index (χ0) is 24.2. The van der Waals surface area contributed by atoms with E-state index in [2.05, 4.69) is 10.1 Å². The monoisotopic (exact) mass is 482 g/mol. The summed E-state index contributed by atoms with van der Waals surface area (Å²) in [7, 11) is -4.37. The van der Waals surface area contributed by atoms with Gasteiger partial charge in [-0.2, -0.15) is 8.42 Å². The Morgan fingerprint density at radius 3 is 2.12 bits per heavy atom. The standard InChI is InChI=1S/C20H13F3N2O7S/c21-20(22,23)31-16-10-6-14(7-11-16)24-19(26)13-4-8-17(9-5-13)32-33(29,30)18-3-1-2-15(12-18)25(27)28/h1-12H,(H,24,26). The van der Waals surface area contributed by atoms with E-state index in [-0.39, 0.29) is 17.0 Å². The molecule has 0 heterocycles. The maximum atomic E-state index is 12.3. The second-order valence-electron chi connectivity index (χ2n) is 6.34. The number of ether oxygens (including phenoxy) is 1. The number of benzene rings is 3. The van der Waals surface area contributed by atoms with Crippen LogP contribution in [0.4, 0.5) is 24.5 Å². The summed E-state index contributed by atoms with van der Waals surface area (Å²) in [5.41, 5.74) is -0.126. The van der Waals surface area contributed by atoms with Gasteiger partial charge >= 0.3 is 16.5 Å². The van der Waals surface area contributed by atoms with E-state index in [4.69, 9.17) is 4.18 Å². The van der Waals surface area contributed by atoms with E-state index in [1.807, 2.05) is 0 Å². The second-order valence-corrected chi connectivity index (χ2v) is 7.89. The van der Waals surface area contributed by atoms with E-state index < -0.39 is 43.6 Å². The van der Waals surface area contributed by atoms with Gasteiger partial charge in [-0.05, 0) is 54.6 Å². The quantitative estimate of drug-likeness (QED) is 0.298. The third-order valence-electron chi connectivity index (χ3n) is 3.99. The molecule has 1 amide bonds. The summed E-state index contributed by atoms with van der Waals surface area (Å²) in [4.78, 5) is 22.0. The van der Waals surface area contributed by atoms with Crippen molar-refractivity contribution in [2.75, 3.05) is 5.32 Å². The van der Waals surface area contributed by atoms with Gasteiger partial charge < -0.3 is 14.2 Å². The van der Waals surface area contributed by atoms with E-state index in [1.165, 1.54) is 42.5 Å². The Balaban J connectivity index is 1.66. The van der Waals surface area contributed by atoms with Crippen molar-refractivity contribution in [2.24, 2.45) is 0 Å². The van der Waals surface area contributed by atoms with Crippen LogP contribution in [0.3, 0.4) is 0 Å². The summed E-state index contributed by atoms with van der Waals surface area (Å²) in [6.07, 6.45) is -4.84. The normalized spacial score (nSPS) is 11.5. The first-order chi connectivity index (χ1) is 15.4. The van der Waals surface area contributed by atoms with Crippen molar-refractivity contribution in [1.29, 1.82) is 0 Å². The fourth-order valence-corrected chi connectivity index (χ4v) is 3.50. The van der Waals surface area contributed by atoms with Gasteiger partial charge in [0.1, 0.15) is 16.4 Å². The van der Waals surface area contributed by atoms with Crippen molar-refractivity contribution in [2.45, 2.75) is 11.3 Å². The molecule has 0 aromatic heterocycles. The van der Waals surface area contributed by atoms with E-state index in [9.17, 15) is 36.5 Å². The molecule has 3 rings (SSSR count). The first-order valence-electron chi connectivity index (χ1n) is 8.89. The molecule has 3 aromatic rings. The Bertz CT molecular complexity index is 1280. The summed E-state index contributed by atoms with van der Waals surface area (Å²) in [6, 6.07) is 13.7. The Labute approximate surface area is 184 Å². The molecule has 0 spiro atoms. The van der Waals surface area contributed by atoms with Gasteiger partial charge in [-0.15, -0.1) is 13.2 Å². The fraction of sp³-hybridized carbons (Fsp3) is 0.0500. The second kappa shape index (κ2) is 9.16. The van der Waals surface area contributed by atoms with Crippen molar-refractivity contribution in [3.63, 3.8) is 0 Å². The third kappa shape index (κ3) is 6.43. The number of carbonyl (C=O) groups excluding carboxylic acids is 1. The van der Waals surface area contributed by atoms with Crippen molar-refractivity contribution < 1.29 is 40.2 Å². The summed E-state index contributed by atoms with van der Waals surface area (Å²) < 4.78 is 69.9. The maximum absolute atomic E-state index is 12.3. The van der Waals surface area contributed by atoms with Gasteiger partial charge in [0.2, 0.25) is 0 Å². The molecule has 172 valence electrons. The molecule has 3 aromatic carbocycles. The molecule has 0 fully saturated rings. The predicted molar refractivity (Wildman–Crippen MR) is 108 cm³/mol. The minimum Gasteiger partial charge on any atom is -0.406 e. The van der Waals surface area contributed by atoms with Gasteiger partial charge in [0.15, 0.2) is 0 Å². The molecular formula is C20H13F3N2O7S. The van der Waals surface area contributed by atoms with Gasteiger partial charge in [-0.1, -0.05) is 6.07 Å². The Morgan fingerprint density at radius 1 is 0.939 bits per heavy atom. The summed E-state index contributed by atoms with van der Waals surface area (Å²) in [5.74, 6) is -1.22. The van der Waals surface area contributed by atoms with Gasteiger partial charge in [-0.3, -0.25) is 14.9 Å². The van der Waals surface area contributed by atoms with Crippen LogP contribution in [0.15, 0.2) is 77.7 Å². The van der Waals surface area contributed by atoms with Crippen molar-refractivity contribution in [3.8, 4) is 11.5 Å². The minimum absolute atomic E-state index is 0.103. The molecule has 0 aliphatic heterocycles. The van der Waals surface area contributed by atoms with Crippen LogP contribution in [0.5, 0.6) is 11.5 Å². The number of nitrogens with one attached hydrogen (secondary N) is 1. The lowest BCUT2D eigenvalue weighted by Crippen LogP contribution is -2.17. The summed E-state index contributed by atoms with van der Waals surface area (Å²) in [6.45, 7) is 0. The highest BCUT2D eigenvalue weighted by atomic mass is 32.2. The van der Waals surface area contributed by atoms with Crippen LogP contribution in [0.25, 0.3) is 0 Å². The lowest BCUT2D eigenvalue weighted by Gasteiger charge is -2.10. The lowest BCUT2D eigenvalue weighted by atomic mass is 10.2. The van der Waals surface area contributed by atoms with Crippen LogP contribution in [-0.2, 0) is 10.1 Å². The number of amides is 1. The zero-order valence-electron chi connectivity index (χ0n) is 16.3. The predicted octanol–water partition coefficient (Wildman–Crippen LogP) is 4.51. The molecule has 0 bridgehead atoms. The van der Waals surface area contributed by atoms with E-state index >= 15 is 0 Å². The highest BCUT2D eigenvalue weighted by molar-refractivity contribution is 7.87. The van der Waals surface area contributed by atoms with Crippen LogP contribution in [0.2, 0.25) is 0 Å². The molecule has 0 saturated carbocycles. The highest BCUT2D eigenvalue weighted by Crippen LogP contribution is 2.25. The number of alkyl halides is 3. The number of nitrogens with zero attached hydrogens (tertiary/aromatic N) is 1. The molecular weight excluding hydrogens is 469 g/mol. The number of hydrogen-bond acceptors (Lipinski definition) is 7. The van der Waals surface area contributed by atoms with Gasteiger partial charge in [-0.25, -0.2) is 0 Å². The SMILES string of the molecule is O=C(Nc1ccc(OC(F)(F)F)cc1)c1ccc(OS(=O)(=O)c2cccc([N+](=O)[O-])c2)cc1. The first-order valence-corrected chi connectivity index (χ1v) is 10.3. The smallest absolute Gasteiger partial charge is 0.406 e. The highest BCUT2D eigenvalue weighted by Gasteiger charge is 2.31. The molecule has 0 aliphatic rings. The topological polar surface area (TPSA) is 125 Å². The third-order valence-corrected chi connectivity index (χ3v) is 5.23. The average molecular weight is 482 g/mol. The molecule has 0 aliphatic carbocycles. The molecule has 1 N–H and O–H groups in total. The molecule has 33 heavy (non-hydrogen) atoms. The minimum atomic E-state index is -4.84. The van der Waals surface area contributed by atoms with Crippen LogP contribution in [-0.4, -0.2) is 25.6 Å². The maximum Gasteiger partial charge on any atom is 0.573 e. The largest absolute Gasteiger partial charge is 0.573 e. The van der Waals surface area contributed by atoms with E-state index in [0.717, 1.165) is 30.3 Å². The first kappa shape index (κ1) is 23.5. The molecule has 9 nitrogen and oxygen atoms in total. The number of carbonyl (C=O) groups is 1. The van der Waals surface area contributed by atoms with Crippen LogP contribution in [0.1, 0.15) is 10.4 Å². The molecule has 0 saturated heterocycles. The number of anilines is 1. The van der Waals surface area contributed by atoms with Crippen LogP contribution < -0.4 is 14.2 Å². The number of non-ortho nitro benzene ring substituents is 1. The van der Waals surface area contributed by atoms with Crippen molar-refractivity contribution in [1.82, 2.24) is 0 Å². The summed E-state index contributed by atoms with van der Waals surface area (Å²) in [5, 5.41) is 13.3. The van der Waals surface area contributed by atoms with Crippen LogP contribution >= 0.6 is 0 Å². The summed E-state index contributed by atoms with van der Waals surface area (Å²) >= 11 is 0. The van der Waals surface area contributed by atoms with Gasteiger partial charge in [0, 0.05) is 23.4 Å². The van der Waals surface area contributed by atoms with E-state index in [0.29, 0.717) is 0 Å². The van der Waals surface area contributed by atoms with Gasteiger partial charge in [0.25, 0.3) is 11.6 Å². The number of hydrogen-bond donors (Lipinski definition) is 1. The number of rotatable bonds is 7. The number of halogens is 3. The molecule has 0 radical (unpaired) electrons.